The van der Waals surface area contributed by atoms with Crippen molar-refractivity contribution >= 4 is 12.1 Å². The van der Waals surface area contributed by atoms with E-state index in [1.165, 1.54) is 12.0 Å². The quantitative estimate of drug-likeness (QED) is 0.785. The first-order chi connectivity index (χ1) is 11.5. The molecule has 1 amide bonds. The van der Waals surface area contributed by atoms with E-state index in [0.717, 1.165) is 11.1 Å². The fourth-order valence-corrected chi connectivity index (χ4v) is 2.24. The molecule has 1 atom stereocenters. The van der Waals surface area contributed by atoms with Gasteiger partial charge in [0.15, 0.2) is 0 Å². The monoisotopic (exact) mass is 327 g/mol. The number of hydrogen-bond donors (Lipinski definition) is 0. The van der Waals surface area contributed by atoms with E-state index in [1.54, 1.807) is 24.3 Å². The van der Waals surface area contributed by atoms with E-state index in [0.29, 0.717) is 5.75 Å². The molecule has 0 heterocycles. The fraction of sp³-hybridized carbons (Fsp3) is 0.263. The number of benzene rings is 2. The Hall–Kier alpha value is -2.82. The van der Waals surface area contributed by atoms with Crippen molar-refractivity contribution in [2.24, 2.45) is 0 Å². The molecule has 2 aromatic carbocycles. The van der Waals surface area contributed by atoms with Crippen LogP contribution in [-0.4, -0.2) is 30.6 Å². The molecule has 2 aromatic rings. The zero-order valence-electron chi connectivity index (χ0n) is 14.1. The molecule has 0 unspecified atom stereocenters. The van der Waals surface area contributed by atoms with Crippen molar-refractivity contribution in [1.82, 2.24) is 4.90 Å². The summed E-state index contributed by atoms with van der Waals surface area (Å²) >= 11 is 0. The number of nitrogens with zero attached hydrogens (tertiary/aromatic N) is 1. The van der Waals surface area contributed by atoms with E-state index in [1.807, 2.05) is 44.2 Å². The van der Waals surface area contributed by atoms with E-state index in [4.69, 9.17) is 9.47 Å². The predicted octanol–water partition coefficient (Wildman–Crippen LogP) is 3.73. The maximum Gasteiger partial charge on any atom is 0.416 e. The van der Waals surface area contributed by atoms with Crippen LogP contribution in [0.25, 0.3) is 0 Å². The van der Waals surface area contributed by atoms with Crippen LogP contribution in [0, 0.1) is 6.92 Å². The Morgan fingerprint density at radius 3 is 2.25 bits per heavy atom. The molecular formula is C19H21NO4. The average molecular weight is 327 g/mol. The number of carbonyl (C=O) groups excluding carboxylic acids is 2. The molecular weight excluding hydrogens is 306 g/mol. The molecule has 0 aliphatic rings. The number of aryl methyl sites for hydroxylation is 1. The van der Waals surface area contributed by atoms with Crippen LogP contribution >= 0.6 is 0 Å². The summed E-state index contributed by atoms with van der Waals surface area (Å²) in [5, 5.41) is 0. The van der Waals surface area contributed by atoms with Gasteiger partial charge in [0, 0.05) is 0 Å². The standard InChI is InChI=1S/C19H21NO4/c1-14-9-11-16(12-10-14)15(2)20(13-18(21)23-3)19(22)24-17-7-5-4-6-8-17/h4-12,15H,13H2,1-3H3/t15-/m0/s1. The first kappa shape index (κ1) is 17.5. The summed E-state index contributed by atoms with van der Waals surface area (Å²) in [6.45, 7) is 3.65. The van der Waals surface area contributed by atoms with Gasteiger partial charge in [0.2, 0.25) is 0 Å². The minimum Gasteiger partial charge on any atom is -0.468 e. The second kappa shape index (κ2) is 8.15. The maximum atomic E-state index is 12.5. The summed E-state index contributed by atoms with van der Waals surface area (Å²) in [4.78, 5) is 25.6. The van der Waals surface area contributed by atoms with Gasteiger partial charge in [0.05, 0.1) is 13.2 Å². The summed E-state index contributed by atoms with van der Waals surface area (Å²) in [5.41, 5.74) is 2.03. The molecule has 0 saturated heterocycles. The number of ether oxygens (including phenoxy) is 2. The van der Waals surface area contributed by atoms with Gasteiger partial charge in [-0.2, -0.15) is 0 Å². The van der Waals surface area contributed by atoms with Crippen molar-refractivity contribution in [2.75, 3.05) is 13.7 Å². The van der Waals surface area contributed by atoms with Crippen LogP contribution in [0.4, 0.5) is 4.79 Å². The van der Waals surface area contributed by atoms with Crippen LogP contribution < -0.4 is 4.74 Å². The van der Waals surface area contributed by atoms with Gasteiger partial charge >= 0.3 is 12.1 Å². The number of para-hydroxylation sites is 1. The molecule has 0 aliphatic heterocycles. The van der Waals surface area contributed by atoms with Crippen molar-refractivity contribution in [2.45, 2.75) is 19.9 Å². The molecule has 0 spiro atoms. The minimum absolute atomic E-state index is 0.183. The smallest absolute Gasteiger partial charge is 0.416 e. The zero-order chi connectivity index (χ0) is 17.5. The lowest BCUT2D eigenvalue weighted by Gasteiger charge is -2.27. The number of hydrogen-bond acceptors (Lipinski definition) is 4. The molecule has 5 heteroatoms. The Morgan fingerprint density at radius 1 is 1.04 bits per heavy atom. The molecule has 126 valence electrons. The molecule has 0 radical (unpaired) electrons. The summed E-state index contributed by atoms with van der Waals surface area (Å²) in [7, 11) is 1.29. The van der Waals surface area contributed by atoms with Crippen molar-refractivity contribution in [3.05, 3.63) is 65.7 Å². The highest BCUT2D eigenvalue weighted by Gasteiger charge is 2.26. The predicted molar refractivity (Wildman–Crippen MR) is 90.8 cm³/mol. The van der Waals surface area contributed by atoms with Gasteiger partial charge in [0.1, 0.15) is 12.3 Å². The van der Waals surface area contributed by atoms with Gasteiger partial charge in [-0.3, -0.25) is 9.69 Å². The third kappa shape index (κ3) is 4.59. The maximum absolute atomic E-state index is 12.5. The third-order valence-electron chi connectivity index (χ3n) is 3.74. The fourth-order valence-electron chi connectivity index (χ4n) is 2.24. The number of carbonyl (C=O) groups is 2. The Bertz CT molecular complexity index is 682. The minimum atomic E-state index is -0.598. The Balaban J connectivity index is 2.21. The van der Waals surface area contributed by atoms with Crippen LogP contribution in [0.15, 0.2) is 54.6 Å². The summed E-state index contributed by atoms with van der Waals surface area (Å²) in [6, 6.07) is 16.2. The van der Waals surface area contributed by atoms with Gasteiger partial charge < -0.3 is 9.47 Å². The largest absolute Gasteiger partial charge is 0.468 e. The highest BCUT2D eigenvalue weighted by Crippen LogP contribution is 2.22. The molecule has 0 aromatic heterocycles. The molecule has 24 heavy (non-hydrogen) atoms. The van der Waals surface area contributed by atoms with Crippen LogP contribution in [0.2, 0.25) is 0 Å². The third-order valence-corrected chi connectivity index (χ3v) is 3.74. The highest BCUT2D eigenvalue weighted by atomic mass is 16.6. The zero-order valence-corrected chi connectivity index (χ0v) is 14.1. The number of rotatable bonds is 5. The van der Waals surface area contributed by atoms with Gasteiger partial charge in [-0.05, 0) is 31.5 Å². The van der Waals surface area contributed by atoms with Gasteiger partial charge in [-0.15, -0.1) is 0 Å². The number of amides is 1. The topological polar surface area (TPSA) is 55.8 Å². The molecule has 0 bridgehead atoms. The van der Waals surface area contributed by atoms with Crippen LogP contribution in [-0.2, 0) is 9.53 Å². The van der Waals surface area contributed by atoms with E-state index in [-0.39, 0.29) is 12.6 Å². The van der Waals surface area contributed by atoms with Crippen molar-refractivity contribution in [3.63, 3.8) is 0 Å². The summed E-state index contributed by atoms with van der Waals surface area (Å²) in [5.74, 6) is -0.0764. The highest BCUT2D eigenvalue weighted by molar-refractivity contribution is 5.79. The lowest BCUT2D eigenvalue weighted by molar-refractivity contribution is -0.141. The van der Waals surface area contributed by atoms with Crippen LogP contribution in [0.3, 0.4) is 0 Å². The van der Waals surface area contributed by atoms with Gasteiger partial charge in [0.25, 0.3) is 0 Å². The van der Waals surface area contributed by atoms with Gasteiger partial charge in [-0.25, -0.2) is 4.79 Å². The summed E-state index contributed by atoms with van der Waals surface area (Å²) < 4.78 is 10.1. The number of esters is 1. The summed E-state index contributed by atoms with van der Waals surface area (Å²) in [6.07, 6.45) is -0.598. The Morgan fingerprint density at radius 2 is 1.67 bits per heavy atom. The normalized spacial score (nSPS) is 11.5. The first-order valence-electron chi connectivity index (χ1n) is 7.68. The molecule has 0 saturated carbocycles. The Labute approximate surface area is 141 Å². The van der Waals surface area contributed by atoms with Gasteiger partial charge in [-0.1, -0.05) is 48.0 Å². The second-order valence-electron chi connectivity index (χ2n) is 5.47. The second-order valence-corrected chi connectivity index (χ2v) is 5.47. The lowest BCUT2D eigenvalue weighted by Crippen LogP contribution is -2.40. The molecule has 2 rings (SSSR count). The van der Waals surface area contributed by atoms with E-state index in [2.05, 4.69) is 0 Å². The molecule has 5 nitrogen and oxygen atoms in total. The van der Waals surface area contributed by atoms with Crippen LogP contribution in [0.5, 0.6) is 5.75 Å². The molecule has 0 fully saturated rings. The van der Waals surface area contributed by atoms with E-state index in [9.17, 15) is 9.59 Å². The van der Waals surface area contributed by atoms with Crippen molar-refractivity contribution in [3.8, 4) is 5.75 Å². The van der Waals surface area contributed by atoms with Crippen molar-refractivity contribution < 1.29 is 19.1 Å². The molecule has 0 aliphatic carbocycles. The van der Waals surface area contributed by atoms with E-state index >= 15 is 0 Å². The lowest BCUT2D eigenvalue weighted by atomic mass is 10.1. The van der Waals surface area contributed by atoms with E-state index < -0.39 is 12.1 Å². The SMILES string of the molecule is COC(=O)CN(C(=O)Oc1ccccc1)[C@@H](C)c1ccc(C)cc1. The average Bonchev–Trinajstić information content (AvgIpc) is 2.60. The van der Waals surface area contributed by atoms with Crippen LogP contribution in [0.1, 0.15) is 24.1 Å². The Kier molecular flexibility index (Phi) is 5.95. The van der Waals surface area contributed by atoms with Crippen molar-refractivity contribution in [1.29, 1.82) is 0 Å². The first-order valence-corrected chi connectivity index (χ1v) is 7.68. The number of methoxy groups -OCH3 is 1. The molecule has 0 N–H and O–H groups in total.